The number of benzene rings is 2. The summed E-state index contributed by atoms with van der Waals surface area (Å²) in [5.74, 6) is 0. The quantitative estimate of drug-likeness (QED) is 0.479. The highest BCUT2D eigenvalue weighted by Gasteiger charge is 2.23. The fourth-order valence-electron chi connectivity index (χ4n) is 4.37. The van der Waals surface area contributed by atoms with Crippen LogP contribution in [0.4, 0.5) is 0 Å². The van der Waals surface area contributed by atoms with Crippen LogP contribution in [0.15, 0.2) is 60.8 Å². The van der Waals surface area contributed by atoms with Crippen molar-refractivity contribution in [2.75, 3.05) is 13.6 Å². The molecule has 4 aromatic rings. The van der Waals surface area contributed by atoms with Gasteiger partial charge >= 0.3 is 0 Å². The topological polar surface area (TPSA) is 21.1 Å². The molecule has 3 heteroatoms. The molecule has 0 aliphatic carbocycles. The highest BCUT2D eigenvalue weighted by atomic mass is 15.1. The van der Waals surface area contributed by atoms with Crippen LogP contribution in [0.5, 0.6) is 0 Å². The summed E-state index contributed by atoms with van der Waals surface area (Å²) >= 11 is 0. The minimum Gasteiger partial charge on any atom is -0.313 e. The summed E-state index contributed by atoms with van der Waals surface area (Å²) < 4.78 is 2.47. The molecule has 1 aliphatic heterocycles. The van der Waals surface area contributed by atoms with Crippen LogP contribution in [-0.2, 0) is 13.0 Å². The van der Waals surface area contributed by atoms with Crippen LogP contribution in [-0.4, -0.2) is 28.0 Å². The molecule has 0 radical (unpaired) electrons. The van der Waals surface area contributed by atoms with E-state index < -0.39 is 0 Å². The van der Waals surface area contributed by atoms with Gasteiger partial charge in [-0.1, -0.05) is 29.8 Å². The van der Waals surface area contributed by atoms with Crippen molar-refractivity contribution in [2.45, 2.75) is 26.8 Å². The zero-order valence-corrected chi connectivity index (χ0v) is 16.7. The number of pyridine rings is 1. The van der Waals surface area contributed by atoms with Crippen LogP contribution >= 0.6 is 0 Å². The molecule has 0 bridgehead atoms. The van der Waals surface area contributed by atoms with Crippen LogP contribution in [0, 0.1) is 13.8 Å². The molecule has 0 unspecified atom stereocenters. The van der Waals surface area contributed by atoms with Crippen molar-refractivity contribution < 1.29 is 0 Å². The summed E-state index contributed by atoms with van der Waals surface area (Å²) in [5.41, 5.74) is 10.2. The molecule has 0 spiro atoms. The lowest BCUT2D eigenvalue weighted by atomic mass is 10.0. The Morgan fingerprint density at radius 1 is 0.929 bits per heavy atom. The van der Waals surface area contributed by atoms with Gasteiger partial charge in [0.15, 0.2) is 0 Å². The maximum Gasteiger partial charge on any atom is 0.0535 e. The molecule has 0 fully saturated rings. The second kappa shape index (κ2) is 6.61. The fraction of sp³-hybridized carbons (Fsp3) is 0.240. The van der Waals surface area contributed by atoms with Gasteiger partial charge in [0.05, 0.1) is 5.52 Å². The van der Waals surface area contributed by atoms with Crippen molar-refractivity contribution in [3.05, 3.63) is 83.3 Å². The third kappa shape index (κ3) is 2.83. The number of rotatable bonds is 2. The average molecular weight is 367 g/mol. The van der Waals surface area contributed by atoms with Crippen molar-refractivity contribution in [3.63, 3.8) is 0 Å². The summed E-state index contributed by atoms with van der Waals surface area (Å²) in [5, 5.41) is 1.39. The van der Waals surface area contributed by atoms with Crippen LogP contribution in [0.3, 0.4) is 0 Å². The van der Waals surface area contributed by atoms with Gasteiger partial charge in [0.25, 0.3) is 0 Å². The molecule has 2 aromatic heterocycles. The Bertz CT molecular complexity index is 1170. The molecule has 1 aliphatic rings. The van der Waals surface area contributed by atoms with E-state index >= 15 is 0 Å². The first-order valence-electron chi connectivity index (χ1n) is 9.95. The van der Waals surface area contributed by atoms with E-state index in [-0.39, 0.29) is 0 Å². The number of aromatic nitrogens is 2. The Labute approximate surface area is 166 Å². The van der Waals surface area contributed by atoms with Gasteiger partial charge in [-0.2, -0.15) is 0 Å². The minimum absolute atomic E-state index is 1.02. The highest BCUT2D eigenvalue weighted by molar-refractivity contribution is 5.88. The first-order chi connectivity index (χ1) is 13.6. The van der Waals surface area contributed by atoms with E-state index in [9.17, 15) is 0 Å². The van der Waals surface area contributed by atoms with Gasteiger partial charge in [0.1, 0.15) is 0 Å². The number of aryl methyl sites for hydroxylation is 2. The molecule has 2 aromatic carbocycles. The van der Waals surface area contributed by atoms with Crippen LogP contribution < -0.4 is 0 Å². The van der Waals surface area contributed by atoms with Crippen LogP contribution in [0.25, 0.3) is 27.7 Å². The van der Waals surface area contributed by atoms with E-state index in [0.29, 0.717) is 0 Å². The number of likely N-dealkylation sites (N-methyl/N-ethyl adjacent to an activating group) is 1. The van der Waals surface area contributed by atoms with Crippen molar-refractivity contribution in [1.29, 1.82) is 0 Å². The molecular formula is C25H25N3. The van der Waals surface area contributed by atoms with Crippen molar-refractivity contribution in [1.82, 2.24) is 14.5 Å². The van der Waals surface area contributed by atoms with Gasteiger partial charge in [0.2, 0.25) is 0 Å². The van der Waals surface area contributed by atoms with Crippen LogP contribution in [0.1, 0.15) is 22.5 Å². The van der Waals surface area contributed by atoms with Gasteiger partial charge in [-0.05, 0) is 62.4 Å². The molecule has 0 N–H and O–H groups in total. The monoisotopic (exact) mass is 367 g/mol. The van der Waals surface area contributed by atoms with E-state index in [4.69, 9.17) is 0 Å². The van der Waals surface area contributed by atoms with Gasteiger partial charge in [-0.3, -0.25) is 4.98 Å². The number of hydrogen-bond donors (Lipinski definition) is 0. The second-order valence-electron chi connectivity index (χ2n) is 8.01. The lowest BCUT2D eigenvalue weighted by Crippen LogP contribution is -2.27. The zero-order valence-electron chi connectivity index (χ0n) is 16.7. The molecular weight excluding hydrogens is 342 g/mol. The van der Waals surface area contributed by atoms with Crippen molar-refractivity contribution >= 4 is 10.9 Å². The molecule has 0 saturated carbocycles. The minimum atomic E-state index is 1.02. The number of nitrogens with zero attached hydrogens (tertiary/aromatic N) is 3. The molecule has 0 saturated heterocycles. The number of fused-ring (bicyclic) bond motifs is 3. The molecule has 3 heterocycles. The lowest BCUT2D eigenvalue weighted by Gasteiger charge is -2.24. The van der Waals surface area contributed by atoms with Gasteiger partial charge in [0, 0.05) is 53.7 Å². The van der Waals surface area contributed by atoms with Crippen molar-refractivity contribution in [3.8, 4) is 16.8 Å². The van der Waals surface area contributed by atoms with E-state index in [2.05, 4.69) is 83.0 Å². The molecule has 0 atom stereocenters. The molecule has 3 nitrogen and oxygen atoms in total. The van der Waals surface area contributed by atoms with Crippen molar-refractivity contribution in [2.24, 2.45) is 0 Å². The molecule has 5 rings (SSSR count). The molecule has 28 heavy (non-hydrogen) atoms. The first-order valence-corrected chi connectivity index (χ1v) is 9.95. The Morgan fingerprint density at radius 2 is 1.82 bits per heavy atom. The fourth-order valence-corrected chi connectivity index (χ4v) is 4.37. The van der Waals surface area contributed by atoms with E-state index in [0.717, 1.165) is 30.8 Å². The highest BCUT2D eigenvalue weighted by Crippen LogP contribution is 2.34. The summed E-state index contributed by atoms with van der Waals surface area (Å²) in [4.78, 5) is 6.89. The SMILES string of the molecule is Cc1ccc2c(c1)c1c(n2-c2cccc(-c3ccc(C)nc3)c2)CCN(C)C1. The summed E-state index contributed by atoms with van der Waals surface area (Å²) in [7, 11) is 2.22. The predicted molar refractivity (Wildman–Crippen MR) is 116 cm³/mol. The largest absolute Gasteiger partial charge is 0.313 e. The Morgan fingerprint density at radius 3 is 2.64 bits per heavy atom. The Balaban J connectivity index is 1.72. The maximum atomic E-state index is 4.47. The normalized spacial score (nSPS) is 14.4. The zero-order chi connectivity index (χ0) is 19.3. The van der Waals surface area contributed by atoms with Gasteiger partial charge in [-0.25, -0.2) is 0 Å². The van der Waals surface area contributed by atoms with Gasteiger partial charge in [-0.15, -0.1) is 0 Å². The second-order valence-corrected chi connectivity index (χ2v) is 8.01. The summed E-state index contributed by atoms with van der Waals surface area (Å²) in [6.45, 7) is 6.33. The summed E-state index contributed by atoms with van der Waals surface area (Å²) in [6.07, 6.45) is 3.05. The first kappa shape index (κ1) is 17.2. The van der Waals surface area contributed by atoms with E-state index in [1.807, 2.05) is 13.1 Å². The van der Waals surface area contributed by atoms with E-state index in [1.165, 1.54) is 39.0 Å². The van der Waals surface area contributed by atoms with E-state index in [1.54, 1.807) is 0 Å². The third-order valence-corrected chi connectivity index (χ3v) is 5.84. The Hall–Kier alpha value is -2.91. The smallest absolute Gasteiger partial charge is 0.0535 e. The maximum absolute atomic E-state index is 4.47. The third-order valence-electron chi connectivity index (χ3n) is 5.84. The van der Waals surface area contributed by atoms with Crippen LogP contribution in [0.2, 0.25) is 0 Å². The number of hydrogen-bond acceptors (Lipinski definition) is 2. The summed E-state index contributed by atoms with van der Waals surface area (Å²) in [6, 6.07) is 19.9. The molecule has 140 valence electrons. The van der Waals surface area contributed by atoms with Gasteiger partial charge < -0.3 is 9.47 Å². The average Bonchev–Trinajstić information content (AvgIpc) is 3.01. The standard InChI is InChI=1S/C25H25N3/c1-17-7-10-24-22(13-17)23-16-27(3)12-11-25(23)28(24)21-6-4-5-19(14-21)20-9-8-18(2)26-15-20/h4-10,13-15H,11-12,16H2,1-3H3. The lowest BCUT2D eigenvalue weighted by molar-refractivity contribution is 0.311. The Kier molecular flexibility index (Phi) is 4.06. The predicted octanol–water partition coefficient (Wildman–Crippen LogP) is 5.30. The molecule has 0 amide bonds.